The number of aliphatic imine (C=N–C) groups is 1. The first-order valence-electron chi connectivity index (χ1n) is 5.17. The Kier molecular flexibility index (Phi) is 4.09. The molecule has 1 saturated carbocycles. The van der Waals surface area contributed by atoms with Gasteiger partial charge in [-0.1, -0.05) is 0 Å². The molecule has 0 aromatic heterocycles. The van der Waals surface area contributed by atoms with Gasteiger partial charge in [0.2, 0.25) is 0 Å². The highest BCUT2D eigenvalue weighted by Gasteiger charge is 2.52. The van der Waals surface area contributed by atoms with Crippen LogP contribution in [0.4, 0.5) is 0 Å². The third-order valence-corrected chi connectivity index (χ3v) is 5.20. The molecule has 1 fully saturated rings. The fourth-order valence-corrected chi connectivity index (χ4v) is 2.90. The van der Waals surface area contributed by atoms with Gasteiger partial charge in [-0.2, -0.15) is 0 Å². The number of guanidine groups is 1. The average Bonchev–Trinajstić information content (AvgIpc) is 2.82. The minimum absolute atomic E-state index is 0. The largest absolute Gasteiger partial charge is 0.355 e. The highest BCUT2D eigenvalue weighted by atomic mass is 127. The van der Waals surface area contributed by atoms with Crippen molar-refractivity contribution in [3.63, 3.8) is 0 Å². The highest BCUT2D eigenvalue weighted by molar-refractivity contribution is 14.0. The summed E-state index contributed by atoms with van der Waals surface area (Å²) in [5, 5.41) is 6.23. The summed E-state index contributed by atoms with van der Waals surface area (Å²) < 4.78 is 22.4. The van der Waals surface area contributed by atoms with Crippen molar-refractivity contribution in [3.05, 3.63) is 0 Å². The molecule has 0 spiro atoms. The molecule has 0 amide bonds. The van der Waals surface area contributed by atoms with Crippen molar-refractivity contribution in [3.8, 4) is 0 Å². The van der Waals surface area contributed by atoms with E-state index in [0.717, 1.165) is 25.3 Å². The number of halogens is 1. The molecule has 1 heterocycles. The third kappa shape index (κ3) is 2.79. The second-order valence-corrected chi connectivity index (χ2v) is 6.95. The summed E-state index contributed by atoms with van der Waals surface area (Å²) >= 11 is 0. The van der Waals surface area contributed by atoms with Gasteiger partial charge in [-0.15, -0.1) is 24.0 Å². The van der Waals surface area contributed by atoms with E-state index >= 15 is 0 Å². The monoisotopic (exact) mass is 359 g/mol. The van der Waals surface area contributed by atoms with Gasteiger partial charge in [0.25, 0.3) is 0 Å². The lowest BCUT2D eigenvalue weighted by atomic mass is 10.4. The molecule has 1 atom stereocenters. The fourth-order valence-electron chi connectivity index (χ4n) is 1.72. The fraction of sp³-hybridized carbons (Fsp3) is 0.889. The Morgan fingerprint density at radius 2 is 2.19 bits per heavy atom. The number of nitrogens with zero attached hydrogens (tertiary/aromatic N) is 1. The molecule has 1 unspecified atom stereocenters. The number of nitrogens with one attached hydrogen (secondary N) is 2. The number of rotatable bonds is 3. The van der Waals surface area contributed by atoms with Crippen molar-refractivity contribution in [1.82, 2.24) is 10.6 Å². The Hall–Kier alpha value is -0.0500. The number of hydrogen-bond donors (Lipinski definition) is 2. The van der Waals surface area contributed by atoms with Crippen LogP contribution in [0, 0.1) is 0 Å². The highest BCUT2D eigenvalue weighted by Crippen LogP contribution is 2.42. The van der Waals surface area contributed by atoms with Crippen molar-refractivity contribution < 1.29 is 8.42 Å². The van der Waals surface area contributed by atoms with Crippen LogP contribution in [0.5, 0.6) is 0 Å². The summed E-state index contributed by atoms with van der Waals surface area (Å²) in [7, 11) is -2.94. The molecule has 1 aliphatic carbocycles. The molecule has 2 rings (SSSR count). The van der Waals surface area contributed by atoms with Gasteiger partial charge < -0.3 is 10.6 Å². The molecular weight excluding hydrogens is 341 g/mol. The van der Waals surface area contributed by atoms with Crippen molar-refractivity contribution in [1.29, 1.82) is 0 Å². The molecule has 0 aromatic carbocycles. The van der Waals surface area contributed by atoms with E-state index in [1.54, 1.807) is 0 Å². The summed E-state index contributed by atoms with van der Waals surface area (Å²) in [4.78, 5) is 4.23. The van der Waals surface area contributed by atoms with Gasteiger partial charge in [0, 0.05) is 18.8 Å². The van der Waals surface area contributed by atoms with Crippen molar-refractivity contribution >= 4 is 39.8 Å². The summed E-state index contributed by atoms with van der Waals surface area (Å²) in [6, 6.07) is 0.348. The Morgan fingerprint density at radius 1 is 1.56 bits per heavy atom. The maximum Gasteiger partial charge on any atom is 0.191 e. The van der Waals surface area contributed by atoms with E-state index in [4.69, 9.17) is 0 Å². The van der Waals surface area contributed by atoms with Crippen LogP contribution in [0.25, 0.3) is 0 Å². The molecule has 2 aliphatic rings. The second kappa shape index (κ2) is 4.67. The number of sulfone groups is 1. The van der Waals surface area contributed by atoms with E-state index in [-0.39, 0.29) is 24.0 Å². The lowest BCUT2D eigenvalue weighted by molar-refractivity contribution is 0.579. The minimum Gasteiger partial charge on any atom is -0.355 e. The Balaban J connectivity index is 0.00000128. The Labute approximate surface area is 113 Å². The topological polar surface area (TPSA) is 70.6 Å². The van der Waals surface area contributed by atoms with Gasteiger partial charge in [-0.25, -0.2) is 8.42 Å². The zero-order valence-corrected chi connectivity index (χ0v) is 12.6. The number of hydrogen-bond acceptors (Lipinski definition) is 5. The van der Waals surface area contributed by atoms with E-state index in [1.165, 1.54) is 6.26 Å². The Morgan fingerprint density at radius 3 is 2.56 bits per heavy atom. The van der Waals surface area contributed by atoms with Gasteiger partial charge in [-0.05, 0) is 19.8 Å². The molecule has 0 bridgehead atoms. The first-order chi connectivity index (χ1) is 6.93. The van der Waals surface area contributed by atoms with Gasteiger partial charge in [0.05, 0.1) is 11.3 Å². The lowest BCUT2D eigenvalue weighted by Gasteiger charge is -2.15. The molecule has 1 aliphatic heterocycles. The Bertz CT molecular complexity index is 390. The molecule has 0 aromatic rings. The molecule has 0 radical (unpaired) electrons. The molecule has 0 saturated heterocycles. The van der Waals surface area contributed by atoms with Gasteiger partial charge >= 0.3 is 0 Å². The summed E-state index contributed by atoms with van der Waals surface area (Å²) in [5.74, 6) is 0.734. The average molecular weight is 359 g/mol. The van der Waals surface area contributed by atoms with E-state index in [0.29, 0.717) is 12.6 Å². The van der Waals surface area contributed by atoms with Crippen molar-refractivity contribution in [2.24, 2.45) is 4.99 Å². The van der Waals surface area contributed by atoms with E-state index in [2.05, 4.69) is 15.6 Å². The predicted octanol–water partition coefficient (Wildman–Crippen LogP) is 0.119. The van der Waals surface area contributed by atoms with E-state index in [1.807, 2.05) is 6.92 Å². The SMILES string of the molecule is CC1CN=C(NCC2(S(C)(=O)=O)CC2)N1.I. The van der Waals surface area contributed by atoms with Crippen LogP contribution < -0.4 is 10.6 Å². The molecule has 16 heavy (non-hydrogen) atoms. The van der Waals surface area contributed by atoms with E-state index < -0.39 is 14.6 Å². The van der Waals surface area contributed by atoms with Gasteiger partial charge in [0.15, 0.2) is 15.8 Å². The van der Waals surface area contributed by atoms with Crippen LogP contribution in [-0.2, 0) is 9.84 Å². The van der Waals surface area contributed by atoms with Crippen LogP contribution in [0.2, 0.25) is 0 Å². The summed E-state index contributed by atoms with van der Waals surface area (Å²) in [5.41, 5.74) is 0. The van der Waals surface area contributed by atoms with Crippen LogP contribution in [0.1, 0.15) is 19.8 Å². The van der Waals surface area contributed by atoms with E-state index in [9.17, 15) is 8.42 Å². The van der Waals surface area contributed by atoms with Crippen molar-refractivity contribution in [2.45, 2.75) is 30.6 Å². The molecule has 2 N–H and O–H groups in total. The second-order valence-electron chi connectivity index (χ2n) is 4.54. The van der Waals surface area contributed by atoms with Gasteiger partial charge in [-0.3, -0.25) is 4.99 Å². The smallest absolute Gasteiger partial charge is 0.191 e. The first kappa shape index (κ1) is 14.0. The molecule has 94 valence electrons. The zero-order chi connectivity index (χ0) is 11.1. The quantitative estimate of drug-likeness (QED) is 0.703. The summed E-state index contributed by atoms with van der Waals surface area (Å²) in [6.45, 7) is 3.28. The van der Waals surface area contributed by atoms with Crippen LogP contribution in [-0.4, -0.2) is 44.5 Å². The van der Waals surface area contributed by atoms with Crippen LogP contribution in [0.3, 0.4) is 0 Å². The standard InChI is InChI=1S/C9H17N3O2S.HI/c1-7-5-10-8(12-7)11-6-9(3-4-9)15(2,13)14;/h7H,3-6H2,1-2H3,(H2,10,11,12);1H. The maximum absolute atomic E-state index is 11.5. The normalized spacial score (nSPS) is 26.4. The molecular formula is C9H18IN3O2S. The van der Waals surface area contributed by atoms with Crippen molar-refractivity contribution in [2.75, 3.05) is 19.3 Å². The lowest BCUT2D eigenvalue weighted by Crippen LogP contribution is -2.43. The van der Waals surface area contributed by atoms with Crippen LogP contribution >= 0.6 is 24.0 Å². The maximum atomic E-state index is 11.5. The third-order valence-electron chi connectivity index (χ3n) is 3.08. The molecule has 5 nitrogen and oxygen atoms in total. The van der Waals surface area contributed by atoms with Crippen LogP contribution in [0.15, 0.2) is 4.99 Å². The first-order valence-corrected chi connectivity index (χ1v) is 7.07. The molecule has 7 heteroatoms. The summed E-state index contributed by atoms with van der Waals surface area (Å²) in [6.07, 6.45) is 2.84. The predicted molar refractivity (Wildman–Crippen MR) is 75.1 cm³/mol. The minimum atomic E-state index is -2.94. The van der Waals surface area contributed by atoms with Gasteiger partial charge in [0.1, 0.15) is 0 Å². The zero-order valence-electron chi connectivity index (χ0n) is 9.49.